The van der Waals surface area contributed by atoms with Crippen molar-refractivity contribution >= 4 is 15.8 Å². The number of likely N-dealkylation sites (tertiary alicyclic amines) is 1. The molecule has 5 rings (SSSR count). The molecule has 2 atom stereocenters. The summed E-state index contributed by atoms with van der Waals surface area (Å²) in [4.78, 5) is 7.01. The van der Waals surface area contributed by atoms with Gasteiger partial charge >= 0.3 is 0 Å². The Morgan fingerprint density at radius 2 is 2.00 bits per heavy atom. The summed E-state index contributed by atoms with van der Waals surface area (Å²) in [5.41, 5.74) is 2.75. The van der Waals surface area contributed by atoms with Gasteiger partial charge in [-0.2, -0.15) is 0 Å². The van der Waals surface area contributed by atoms with Crippen LogP contribution in [-0.4, -0.2) is 47.3 Å². The molecule has 0 radical (unpaired) electrons. The second-order valence-corrected chi connectivity index (χ2v) is 11.6. The first-order valence-electron chi connectivity index (χ1n) is 11.3. The Kier molecular flexibility index (Phi) is 5.01. The van der Waals surface area contributed by atoms with E-state index in [1.165, 1.54) is 5.56 Å². The van der Waals surface area contributed by atoms with Gasteiger partial charge in [-0.3, -0.25) is 4.90 Å². The van der Waals surface area contributed by atoms with Crippen LogP contribution in [0.15, 0.2) is 36.4 Å². The number of aryl methyl sites for hydroxylation is 1. The second kappa shape index (κ2) is 7.48. The molecule has 0 bridgehead atoms. The zero-order valence-corrected chi connectivity index (χ0v) is 19.1. The molecule has 1 aromatic heterocycles. The molecule has 0 unspecified atom stereocenters. The molecule has 1 N–H and O–H groups in total. The summed E-state index contributed by atoms with van der Waals surface area (Å²) in [6.07, 6.45) is 4.59. The molecule has 3 heterocycles. The van der Waals surface area contributed by atoms with Crippen molar-refractivity contribution in [3.63, 3.8) is 0 Å². The number of phenolic OH excluding ortho intramolecular Hbond substituents is 1. The minimum absolute atomic E-state index is 0.193. The Labute approximate surface area is 185 Å². The van der Waals surface area contributed by atoms with Crippen LogP contribution in [0.4, 0.5) is 5.82 Å². The van der Waals surface area contributed by atoms with E-state index in [9.17, 15) is 13.5 Å². The van der Waals surface area contributed by atoms with Crippen LogP contribution >= 0.6 is 0 Å². The summed E-state index contributed by atoms with van der Waals surface area (Å²) in [6, 6.07) is 11.9. The fraction of sp³-hybridized carbons (Fsp3) is 0.542. The topological polar surface area (TPSA) is 73.7 Å². The number of nitrogens with zero attached hydrogens (tertiary/aromatic N) is 3. The zero-order valence-electron chi connectivity index (χ0n) is 18.3. The number of piperidine rings is 1. The van der Waals surface area contributed by atoms with Gasteiger partial charge in [-0.25, -0.2) is 17.7 Å². The highest BCUT2D eigenvalue weighted by atomic mass is 32.2. The van der Waals surface area contributed by atoms with E-state index in [4.69, 9.17) is 0 Å². The normalized spacial score (nSPS) is 28.3. The summed E-state index contributed by atoms with van der Waals surface area (Å²) >= 11 is 0. The molecule has 1 spiro atoms. The standard InChI is InChI=1S/C24H31N3O3S/c1-17-4-3-5-23(25-17)27-24(11-13-31(27,29)30)10-12-26(18(2)15-24)16-19-6-9-22(28)21(14-19)20-7-8-20/h3-6,9,14,18,20,28H,7-8,10-13,15-16H2,1-2H3/t18-,24-/m0/s1. The van der Waals surface area contributed by atoms with Gasteiger partial charge in [-0.05, 0) is 81.2 Å². The minimum atomic E-state index is -3.35. The number of phenols is 1. The maximum atomic E-state index is 13.0. The lowest BCUT2D eigenvalue weighted by Gasteiger charge is -2.47. The van der Waals surface area contributed by atoms with Gasteiger partial charge in [0.25, 0.3) is 0 Å². The number of benzene rings is 1. The molecule has 7 heteroatoms. The molecule has 3 fully saturated rings. The number of pyridine rings is 1. The fourth-order valence-electron chi connectivity index (χ4n) is 5.49. The first-order chi connectivity index (χ1) is 14.8. The van der Waals surface area contributed by atoms with E-state index in [0.717, 1.165) is 50.0 Å². The average Bonchev–Trinajstić information content (AvgIpc) is 3.52. The number of rotatable bonds is 4. The predicted octanol–water partition coefficient (Wildman–Crippen LogP) is 3.94. The Morgan fingerprint density at radius 3 is 2.71 bits per heavy atom. The van der Waals surface area contributed by atoms with Crippen molar-refractivity contribution in [3.05, 3.63) is 53.2 Å². The molecule has 166 valence electrons. The lowest BCUT2D eigenvalue weighted by molar-refractivity contribution is 0.102. The van der Waals surface area contributed by atoms with Crippen LogP contribution in [0.1, 0.15) is 61.8 Å². The van der Waals surface area contributed by atoms with Gasteiger partial charge in [0.2, 0.25) is 10.0 Å². The lowest BCUT2D eigenvalue weighted by atomic mass is 9.81. The molecule has 1 saturated carbocycles. The second-order valence-electron chi connectivity index (χ2n) is 9.63. The SMILES string of the molecule is Cc1cccc(N2[C@@]3(CCN(Cc4ccc(O)c(C5CC5)c4)[C@@H](C)C3)CCS2(=O)=O)n1. The van der Waals surface area contributed by atoms with Crippen LogP contribution in [0.2, 0.25) is 0 Å². The van der Waals surface area contributed by atoms with E-state index in [1.54, 1.807) is 4.31 Å². The third kappa shape index (κ3) is 3.82. The largest absolute Gasteiger partial charge is 0.508 e. The molecular formula is C24H31N3O3S. The van der Waals surface area contributed by atoms with Gasteiger partial charge < -0.3 is 5.11 Å². The van der Waals surface area contributed by atoms with Gasteiger partial charge in [0.15, 0.2) is 0 Å². The quantitative estimate of drug-likeness (QED) is 0.778. The molecule has 2 aromatic rings. The number of anilines is 1. The van der Waals surface area contributed by atoms with Crippen molar-refractivity contribution in [3.8, 4) is 5.75 Å². The molecule has 3 aliphatic rings. The van der Waals surface area contributed by atoms with Gasteiger partial charge in [0.1, 0.15) is 11.6 Å². The smallest absolute Gasteiger partial charge is 0.236 e. The summed E-state index contributed by atoms with van der Waals surface area (Å²) in [5.74, 6) is 1.68. The molecule has 2 saturated heterocycles. The molecule has 1 aromatic carbocycles. The van der Waals surface area contributed by atoms with Crippen LogP contribution in [0, 0.1) is 6.92 Å². The molecule has 0 amide bonds. The number of sulfonamides is 1. The van der Waals surface area contributed by atoms with E-state index >= 15 is 0 Å². The fourth-order valence-corrected chi connectivity index (χ4v) is 7.55. The van der Waals surface area contributed by atoms with Gasteiger partial charge in [-0.15, -0.1) is 0 Å². The summed E-state index contributed by atoms with van der Waals surface area (Å²) in [5, 5.41) is 10.2. The lowest BCUT2D eigenvalue weighted by Crippen LogP contribution is -2.56. The van der Waals surface area contributed by atoms with Crippen LogP contribution in [0.3, 0.4) is 0 Å². The maximum Gasteiger partial charge on any atom is 0.236 e. The highest BCUT2D eigenvalue weighted by Gasteiger charge is 2.53. The van der Waals surface area contributed by atoms with Crippen LogP contribution in [-0.2, 0) is 16.6 Å². The van der Waals surface area contributed by atoms with E-state index in [1.807, 2.05) is 37.3 Å². The average molecular weight is 442 g/mol. The van der Waals surface area contributed by atoms with Crippen LogP contribution in [0.5, 0.6) is 5.75 Å². The van der Waals surface area contributed by atoms with E-state index in [2.05, 4.69) is 22.9 Å². The van der Waals surface area contributed by atoms with Gasteiger partial charge in [0.05, 0.1) is 11.3 Å². The van der Waals surface area contributed by atoms with Crippen molar-refractivity contribution in [1.82, 2.24) is 9.88 Å². The first-order valence-corrected chi connectivity index (χ1v) is 12.9. The third-order valence-electron chi connectivity index (χ3n) is 7.27. The Hall–Kier alpha value is -2.12. The number of aromatic hydroxyl groups is 1. The van der Waals surface area contributed by atoms with E-state index in [0.29, 0.717) is 23.9 Å². The Bertz CT molecular complexity index is 1100. The first kappa shape index (κ1) is 20.8. The molecule has 1 aliphatic carbocycles. The van der Waals surface area contributed by atoms with Crippen molar-refractivity contribution in [2.45, 2.75) is 70.0 Å². The molecule has 31 heavy (non-hydrogen) atoms. The Balaban J connectivity index is 1.37. The van der Waals surface area contributed by atoms with Gasteiger partial charge in [0, 0.05) is 24.8 Å². The molecule has 6 nitrogen and oxygen atoms in total. The van der Waals surface area contributed by atoms with Crippen molar-refractivity contribution in [2.75, 3.05) is 16.6 Å². The summed E-state index contributed by atoms with van der Waals surface area (Å²) in [7, 11) is -3.35. The van der Waals surface area contributed by atoms with Crippen molar-refractivity contribution < 1.29 is 13.5 Å². The van der Waals surface area contributed by atoms with Gasteiger partial charge in [-0.1, -0.05) is 18.2 Å². The molecule has 2 aliphatic heterocycles. The van der Waals surface area contributed by atoms with Crippen LogP contribution < -0.4 is 4.31 Å². The Morgan fingerprint density at radius 1 is 1.19 bits per heavy atom. The van der Waals surface area contributed by atoms with Crippen molar-refractivity contribution in [1.29, 1.82) is 0 Å². The monoisotopic (exact) mass is 441 g/mol. The maximum absolute atomic E-state index is 13.0. The summed E-state index contributed by atoms with van der Waals surface area (Å²) in [6.45, 7) is 5.78. The molecular weight excluding hydrogens is 410 g/mol. The third-order valence-corrected chi connectivity index (χ3v) is 9.12. The zero-order chi connectivity index (χ0) is 21.8. The highest BCUT2D eigenvalue weighted by Crippen LogP contribution is 2.46. The number of hydrogen-bond acceptors (Lipinski definition) is 5. The number of aromatic nitrogens is 1. The van der Waals surface area contributed by atoms with Crippen molar-refractivity contribution in [2.24, 2.45) is 0 Å². The summed E-state index contributed by atoms with van der Waals surface area (Å²) < 4.78 is 27.7. The highest BCUT2D eigenvalue weighted by molar-refractivity contribution is 7.93. The van der Waals surface area contributed by atoms with Crippen LogP contribution in [0.25, 0.3) is 0 Å². The van der Waals surface area contributed by atoms with E-state index < -0.39 is 10.0 Å². The minimum Gasteiger partial charge on any atom is -0.508 e. The van der Waals surface area contributed by atoms with E-state index in [-0.39, 0.29) is 17.3 Å². The number of hydrogen-bond donors (Lipinski definition) is 1. The predicted molar refractivity (Wildman–Crippen MR) is 122 cm³/mol.